The highest BCUT2D eigenvalue weighted by Crippen LogP contribution is 2.47. The Morgan fingerprint density at radius 3 is 2.82 bits per heavy atom. The fraction of sp³-hybridized carbons (Fsp3) is 0.357. The number of nitrogens with zero attached hydrogens (tertiary/aromatic N) is 2. The number of aliphatic hydroxyl groups is 1. The highest BCUT2D eigenvalue weighted by atomic mass is 16.5. The van der Waals surface area contributed by atoms with Crippen molar-refractivity contribution >= 4 is 22.5 Å². The van der Waals surface area contributed by atoms with Gasteiger partial charge >= 0.3 is 0 Å². The molecule has 0 aliphatic carbocycles. The molecule has 2 bridgehead atoms. The normalized spacial score (nSPS) is 26.7. The van der Waals surface area contributed by atoms with Gasteiger partial charge in [-0.2, -0.15) is 0 Å². The number of aliphatic hydroxyl groups excluding tert-OH is 1. The molecule has 34 heavy (non-hydrogen) atoms. The van der Waals surface area contributed by atoms with Gasteiger partial charge < -0.3 is 19.6 Å². The summed E-state index contributed by atoms with van der Waals surface area (Å²) in [6.07, 6.45) is 5.07. The van der Waals surface area contributed by atoms with E-state index in [2.05, 4.69) is 16.9 Å². The van der Waals surface area contributed by atoms with Gasteiger partial charge in [-0.15, -0.1) is 6.58 Å². The lowest BCUT2D eigenvalue weighted by Crippen LogP contribution is -2.69. The number of nitrogens with one attached hydrogen (secondary N) is 1. The molecule has 0 spiro atoms. The summed E-state index contributed by atoms with van der Waals surface area (Å²) in [7, 11) is 1.62. The van der Waals surface area contributed by atoms with Gasteiger partial charge in [-0.25, -0.2) is 0 Å². The van der Waals surface area contributed by atoms with Gasteiger partial charge in [-0.05, 0) is 47.9 Å². The van der Waals surface area contributed by atoms with Crippen LogP contribution in [0.5, 0.6) is 5.75 Å². The number of piperidine rings is 3. The molecule has 2 aromatic carbocycles. The number of fused-ring (bicyclic) bond motifs is 4. The van der Waals surface area contributed by atoms with Crippen LogP contribution in [0.4, 0.5) is 5.69 Å². The van der Waals surface area contributed by atoms with Crippen molar-refractivity contribution < 1.29 is 19.1 Å². The first-order valence-electron chi connectivity index (χ1n) is 12.0. The first kappa shape index (κ1) is 22.6. The van der Waals surface area contributed by atoms with Crippen molar-refractivity contribution in [2.45, 2.75) is 25.0 Å². The van der Waals surface area contributed by atoms with Crippen LogP contribution in [0.2, 0.25) is 0 Å². The Morgan fingerprint density at radius 2 is 2.06 bits per heavy atom. The Bertz CT molecular complexity index is 1190. The van der Waals surface area contributed by atoms with Crippen LogP contribution in [0.1, 0.15) is 24.5 Å². The number of ether oxygens (including phenoxy) is 1. The maximum atomic E-state index is 13.3. The molecule has 5 atom stereocenters. The lowest BCUT2D eigenvalue weighted by Gasteiger charge is -2.57. The molecule has 176 valence electrons. The lowest BCUT2D eigenvalue weighted by molar-refractivity contribution is -0.966. The van der Waals surface area contributed by atoms with Crippen LogP contribution in [-0.2, 0) is 4.79 Å². The van der Waals surface area contributed by atoms with Gasteiger partial charge in [0.05, 0.1) is 25.7 Å². The monoisotopic (exact) mass is 458 g/mol. The zero-order chi connectivity index (χ0) is 23.7. The second-order valence-electron chi connectivity index (χ2n) is 9.67. The number of aromatic nitrogens is 1. The maximum absolute atomic E-state index is 13.3. The van der Waals surface area contributed by atoms with Crippen molar-refractivity contribution in [3.63, 3.8) is 0 Å². The molecule has 1 aromatic heterocycles. The average molecular weight is 459 g/mol. The standard InChI is InChI=1S/C28H31N3O3/c1-3-19-17-31(18-27(32)30-21-8-10-22(34-2)11-9-21)15-13-20(19)16-26(31)28(33)24-12-14-29-25-7-5-4-6-23(24)25/h3-12,14,19-20,26,28,33H,1,13,15-18H2,2H3/p+1/t19-,20-,26-,28+,31-/m0/s1. The molecular formula is C28H32N3O3+. The Hall–Kier alpha value is -3.22. The van der Waals surface area contributed by atoms with Crippen molar-refractivity contribution in [1.29, 1.82) is 0 Å². The molecule has 2 N–H and O–H groups in total. The minimum Gasteiger partial charge on any atom is -0.497 e. The van der Waals surface area contributed by atoms with E-state index in [-0.39, 0.29) is 11.9 Å². The molecule has 6 heteroatoms. The van der Waals surface area contributed by atoms with E-state index >= 15 is 0 Å². The Kier molecular flexibility index (Phi) is 6.11. The number of carbonyl (C=O) groups excluding carboxylic acids is 1. The molecule has 3 saturated heterocycles. The zero-order valence-electron chi connectivity index (χ0n) is 19.6. The third-order valence-electron chi connectivity index (χ3n) is 7.87. The van der Waals surface area contributed by atoms with Crippen molar-refractivity contribution in [2.75, 3.05) is 32.1 Å². The first-order valence-corrected chi connectivity index (χ1v) is 12.0. The van der Waals surface area contributed by atoms with Gasteiger partial charge in [0.25, 0.3) is 5.91 Å². The Labute approximate surface area is 200 Å². The van der Waals surface area contributed by atoms with Crippen LogP contribution in [0.3, 0.4) is 0 Å². The van der Waals surface area contributed by atoms with Crippen LogP contribution >= 0.6 is 0 Å². The first-order chi connectivity index (χ1) is 16.5. The second-order valence-corrected chi connectivity index (χ2v) is 9.67. The smallest absolute Gasteiger partial charge is 0.279 e. The summed E-state index contributed by atoms with van der Waals surface area (Å²) >= 11 is 0. The van der Waals surface area contributed by atoms with Crippen LogP contribution in [0.15, 0.2) is 73.4 Å². The van der Waals surface area contributed by atoms with E-state index in [1.165, 1.54) is 0 Å². The average Bonchev–Trinajstić information content (AvgIpc) is 2.88. The van der Waals surface area contributed by atoms with Gasteiger partial charge in [-0.1, -0.05) is 24.3 Å². The number of methoxy groups -OCH3 is 1. The molecule has 3 aliphatic heterocycles. The number of anilines is 1. The summed E-state index contributed by atoms with van der Waals surface area (Å²) in [5, 5.41) is 15.8. The van der Waals surface area contributed by atoms with Crippen molar-refractivity contribution in [2.24, 2.45) is 11.8 Å². The van der Waals surface area contributed by atoms with Gasteiger partial charge in [0, 0.05) is 36.0 Å². The van der Waals surface area contributed by atoms with Crippen molar-refractivity contribution in [1.82, 2.24) is 4.98 Å². The van der Waals surface area contributed by atoms with Gasteiger partial charge in [0.2, 0.25) is 0 Å². The number of hydrogen-bond donors (Lipinski definition) is 2. The molecule has 0 radical (unpaired) electrons. The van der Waals surface area contributed by atoms with Crippen LogP contribution < -0.4 is 10.1 Å². The van der Waals surface area contributed by atoms with Crippen LogP contribution in [0, 0.1) is 11.8 Å². The minimum absolute atomic E-state index is 0.0369. The SMILES string of the molecule is C=C[C@H]1C[N@+]2(CC(=O)Nc3ccc(OC)cc3)CC[C@H]1C[C@H]2[C@H](O)c1ccnc2ccccc12. The van der Waals surface area contributed by atoms with Gasteiger partial charge in [-0.3, -0.25) is 9.78 Å². The number of benzene rings is 2. The summed E-state index contributed by atoms with van der Waals surface area (Å²) in [4.78, 5) is 17.7. The number of para-hydroxylation sites is 1. The maximum Gasteiger partial charge on any atom is 0.279 e. The molecule has 0 unspecified atom stereocenters. The van der Waals surface area contributed by atoms with Gasteiger partial charge in [0.1, 0.15) is 17.9 Å². The lowest BCUT2D eigenvalue weighted by atomic mass is 9.71. The Morgan fingerprint density at radius 1 is 1.26 bits per heavy atom. The number of pyridine rings is 1. The fourth-order valence-corrected chi connectivity index (χ4v) is 6.13. The van der Waals surface area contributed by atoms with Gasteiger partial charge in [0.15, 0.2) is 6.54 Å². The van der Waals surface area contributed by atoms with Crippen molar-refractivity contribution in [3.8, 4) is 5.75 Å². The van der Waals surface area contributed by atoms with Crippen molar-refractivity contribution in [3.05, 3.63) is 79.0 Å². The predicted molar refractivity (Wildman–Crippen MR) is 133 cm³/mol. The summed E-state index contributed by atoms with van der Waals surface area (Å²) < 4.78 is 5.79. The zero-order valence-corrected chi connectivity index (χ0v) is 19.6. The summed E-state index contributed by atoms with van der Waals surface area (Å²) in [6.45, 7) is 6.11. The highest BCUT2D eigenvalue weighted by Gasteiger charge is 2.54. The largest absolute Gasteiger partial charge is 0.497 e. The predicted octanol–water partition coefficient (Wildman–Crippen LogP) is 4.33. The van der Waals surface area contributed by atoms with Crippen LogP contribution in [0.25, 0.3) is 10.9 Å². The van der Waals surface area contributed by atoms with E-state index in [1.807, 2.05) is 60.7 Å². The quantitative estimate of drug-likeness (QED) is 0.408. The van der Waals surface area contributed by atoms with E-state index in [9.17, 15) is 9.90 Å². The highest BCUT2D eigenvalue weighted by molar-refractivity contribution is 5.91. The number of rotatable bonds is 7. The minimum atomic E-state index is -0.671. The summed E-state index contributed by atoms with van der Waals surface area (Å²) in [5.41, 5.74) is 2.52. The van der Waals surface area contributed by atoms with E-state index in [1.54, 1.807) is 13.3 Å². The fourth-order valence-electron chi connectivity index (χ4n) is 6.13. The molecule has 1 amide bonds. The van der Waals surface area contributed by atoms with E-state index in [0.29, 0.717) is 22.9 Å². The second kappa shape index (κ2) is 9.20. The number of carbonyl (C=O) groups is 1. The molecule has 3 fully saturated rings. The molecule has 3 aliphatic rings. The Balaban J connectivity index is 1.44. The molecule has 3 aromatic rings. The molecule has 0 saturated carbocycles. The van der Waals surface area contributed by atoms with Crippen LogP contribution in [-0.4, -0.2) is 53.3 Å². The topological polar surface area (TPSA) is 71.5 Å². The summed E-state index contributed by atoms with van der Waals surface area (Å²) in [6, 6.07) is 17.2. The molecule has 4 heterocycles. The summed E-state index contributed by atoms with van der Waals surface area (Å²) in [5.74, 6) is 1.57. The number of amides is 1. The van der Waals surface area contributed by atoms with E-state index < -0.39 is 6.10 Å². The van der Waals surface area contributed by atoms with E-state index in [0.717, 1.165) is 53.8 Å². The third-order valence-corrected chi connectivity index (χ3v) is 7.87. The number of quaternary nitrogens is 1. The molecular weight excluding hydrogens is 426 g/mol. The van der Waals surface area contributed by atoms with E-state index in [4.69, 9.17) is 4.74 Å². The molecule has 6 rings (SSSR count). The molecule has 6 nitrogen and oxygen atoms in total. The number of hydrogen-bond acceptors (Lipinski definition) is 4. The third kappa shape index (κ3) is 4.08.